The van der Waals surface area contributed by atoms with Crippen LogP contribution < -0.4 is 10.5 Å². The number of aromatic nitrogens is 2. The Labute approximate surface area is 98.8 Å². The topological polar surface area (TPSA) is 70.1 Å². The molecular weight excluding hydrogens is 218 g/mol. The number of hydrogen-bond donors (Lipinski definition) is 1. The van der Waals surface area contributed by atoms with Gasteiger partial charge in [0.2, 0.25) is 5.91 Å². The van der Waals surface area contributed by atoms with Crippen molar-refractivity contribution in [2.24, 2.45) is 12.8 Å². The van der Waals surface area contributed by atoms with Crippen molar-refractivity contribution >= 4 is 5.91 Å². The zero-order valence-corrected chi connectivity index (χ0v) is 9.68. The van der Waals surface area contributed by atoms with E-state index < -0.39 is 5.91 Å². The minimum absolute atomic E-state index is 0.420. The molecule has 0 spiro atoms. The van der Waals surface area contributed by atoms with E-state index in [0.29, 0.717) is 11.3 Å². The van der Waals surface area contributed by atoms with Gasteiger partial charge < -0.3 is 10.5 Å². The maximum absolute atomic E-state index is 11.2. The van der Waals surface area contributed by atoms with Crippen molar-refractivity contribution in [3.05, 3.63) is 36.2 Å². The molecule has 1 amide bonds. The fraction of sp³-hybridized carbons (Fsp3) is 0.167. The Balaban J connectivity index is 2.53. The van der Waals surface area contributed by atoms with E-state index >= 15 is 0 Å². The lowest BCUT2D eigenvalue weighted by Gasteiger charge is -2.05. The molecule has 0 unspecified atom stereocenters. The van der Waals surface area contributed by atoms with Crippen LogP contribution in [0.3, 0.4) is 0 Å². The van der Waals surface area contributed by atoms with Crippen LogP contribution in [-0.4, -0.2) is 22.8 Å². The SMILES string of the molecule is COc1cc(C(N)=O)cc(-c2cnn(C)c2)c1. The number of hydrogen-bond acceptors (Lipinski definition) is 3. The van der Waals surface area contributed by atoms with Crippen LogP contribution >= 0.6 is 0 Å². The highest BCUT2D eigenvalue weighted by Gasteiger charge is 2.08. The van der Waals surface area contributed by atoms with Crippen molar-refractivity contribution < 1.29 is 9.53 Å². The first-order valence-electron chi connectivity index (χ1n) is 5.08. The molecule has 5 nitrogen and oxygen atoms in total. The van der Waals surface area contributed by atoms with Gasteiger partial charge in [0.1, 0.15) is 5.75 Å². The van der Waals surface area contributed by atoms with E-state index in [1.807, 2.05) is 19.3 Å². The molecule has 0 atom stereocenters. The lowest BCUT2D eigenvalue weighted by Crippen LogP contribution is -2.11. The van der Waals surface area contributed by atoms with Crippen molar-refractivity contribution in [1.82, 2.24) is 9.78 Å². The summed E-state index contributed by atoms with van der Waals surface area (Å²) in [5.41, 5.74) is 7.46. The zero-order valence-electron chi connectivity index (χ0n) is 9.68. The summed E-state index contributed by atoms with van der Waals surface area (Å²) in [5.74, 6) is 0.120. The molecule has 2 aromatic rings. The number of ether oxygens (including phenoxy) is 1. The number of nitrogens with two attached hydrogens (primary N) is 1. The van der Waals surface area contributed by atoms with Gasteiger partial charge in [-0.2, -0.15) is 5.10 Å². The number of rotatable bonds is 3. The first kappa shape index (κ1) is 11.2. The summed E-state index contributed by atoms with van der Waals surface area (Å²) < 4.78 is 6.83. The summed E-state index contributed by atoms with van der Waals surface area (Å²) in [4.78, 5) is 11.2. The first-order valence-corrected chi connectivity index (χ1v) is 5.08. The van der Waals surface area contributed by atoms with E-state index in [2.05, 4.69) is 5.10 Å². The molecule has 0 saturated carbocycles. The van der Waals surface area contributed by atoms with E-state index in [0.717, 1.165) is 11.1 Å². The summed E-state index contributed by atoms with van der Waals surface area (Å²) in [6.07, 6.45) is 3.58. The van der Waals surface area contributed by atoms with Crippen LogP contribution in [0.2, 0.25) is 0 Å². The average Bonchev–Trinajstić information content (AvgIpc) is 2.75. The monoisotopic (exact) mass is 231 g/mol. The Kier molecular flexibility index (Phi) is 2.82. The predicted molar refractivity (Wildman–Crippen MR) is 63.7 cm³/mol. The van der Waals surface area contributed by atoms with Crippen molar-refractivity contribution in [3.8, 4) is 16.9 Å². The third-order valence-corrected chi connectivity index (χ3v) is 2.46. The van der Waals surface area contributed by atoms with E-state index in [4.69, 9.17) is 10.5 Å². The molecule has 0 aliphatic carbocycles. The number of nitrogens with zero attached hydrogens (tertiary/aromatic N) is 2. The highest BCUT2D eigenvalue weighted by atomic mass is 16.5. The van der Waals surface area contributed by atoms with Crippen LogP contribution in [0.25, 0.3) is 11.1 Å². The number of benzene rings is 1. The molecule has 2 N–H and O–H groups in total. The van der Waals surface area contributed by atoms with Gasteiger partial charge in [-0.05, 0) is 23.8 Å². The van der Waals surface area contributed by atoms with Gasteiger partial charge in [-0.15, -0.1) is 0 Å². The first-order chi connectivity index (χ1) is 8.10. The standard InChI is InChI=1S/C12H13N3O2/c1-15-7-10(6-14-15)8-3-9(12(13)16)5-11(4-8)17-2/h3-7H,1-2H3,(H2,13,16). The molecule has 0 radical (unpaired) electrons. The molecule has 17 heavy (non-hydrogen) atoms. The van der Waals surface area contributed by atoms with Gasteiger partial charge in [-0.3, -0.25) is 9.48 Å². The second-order valence-corrected chi connectivity index (χ2v) is 3.72. The van der Waals surface area contributed by atoms with Crippen molar-refractivity contribution in [1.29, 1.82) is 0 Å². The highest BCUT2D eigenvalue weighted by Crippen LogP contribution is 2.25. The molecular formula is C12H13N3O2. The molecule has 2 rings (SSSR count). The van der Waals surface area contributed by atoms with Gasteiger partial charge in [0.25, 0.3) is 0 Å². The van der Waals surface area contributed by atoms with Crippen molar-refractivity contribution in [2.45, 2.75) is 0 Å². The van der Waals surface area contributed by atoms with Crippen LogP contribution in [0, 0.1) is 0 Å². The van der Waals surface area contributed by atoms with Gasteiger partial charge in [-0.25, -0.2) is 0 Å². The van der Waals surface area contributed by atoms with Gasteiger partial charge in [0, 0.05) is 24.4 Å². The third-order valence-electron chi connectivity index (χ3n) is 2.46. The number of methoxy groups -OCH3 is 1. The largest absolute Gasteiger partial charge is 0.497 e. The van der Waals surface area contributed by atoms with Crippen LogP contribution in [0.5, 0.6) is 5.75 Å². The quantitative estimate of drug-likeness (QED) is 0.862. The Morgan fingerprint density at radius 3 is 2.65 bits per heavy atom. The maximum atomic E-state index is 11.2. The number of primary amides is 1. The second-order valence-electron chi connectivity index (χ2n) is 3.72. The lowest BCUT2D eigenvalue weighted by molar-refractivity contribution is 0.1000. The minimum Gasteiger partial charge on any atom is -0.497 e. The Hall–Kier alpha value is -2.30. The van der Waals surface area contributed by atoms with E-state index in [1.54, 1.807) is 30.1 Å². The smallest absolute Gasteiger partial charge is 0.248 e. The van der Waals surface area contributed by atoms with E-state index in [1.165, 1.54) is 0 Å². The molecule has 88 valence electrons. The summed E-state index contributed by atoms with van der Waals surface area (Å²) in [5, 5.41) is 4.08. The number of aryl methyl sites for hydroxylation is 1. The molecule has 1 aromatic carbocycles. The fourth-order valence-corrected chi connectivity index (χ4v) is 1.60. The van der Waals surface area contributed by atoms with E-state index in [-0.39, 0.29) is 0 Å². The molecule has 5 heteroatoms. The lowest BCUT2D eigenvalue weighted by atomic mass is 10.1. The molecule has 1 heterocycles. The Morgan fingerprint density at radius 1 is 1.35 bits per heavy atom. The summed E-state index contributed by atoms with van der Waals surface area (Å²) in [6, 6.07) is 5.17. The summed E-state index contributed by atoms with van der Waals surface area (Å²) >= 11 is 0. The van der Waals surface area contributed by atoms with Gasteiger partial charge in [0.15, 0.2) is 0 Å². The normalized spacial score (nSPS) is 10.2. The van der Waals surface area contributed by atoms with Gasteiger partial charge in [0.05, 0.1) is 13.3 Å². The van der Waals surface area contributed by atoms with E-state index in [9.17, 15) is 4.79 Å². The van der Waals surface area contributed by atoms with Crippen molar-refractivity contribution in [2.75, 3.05) is 7.11 Å². The van der Waals surface area contributed by atoms with Crippen LogP contribution in [0.15, 0.2) is 30.6 Å². The maximum Gasteiger partial charge on any atom is 0.248 e. The number of amides is 1. The molecule has 0 fully saturated rings. The van der Waals surface area contributed by atoms with Crippen LogP contribution in [0.4, 0.5) is 0 Å². The zero-order chi connectivity index (χ0) is 12.4. The predicted octanol–water partition coefficient (Wildman–Crippen LogP) is 1.19. The third kappa shape index (κ3) is 2.28. The number of carbonyl (C=O) groups is 1. The Bertz CT molecular complexity index is 561. The minimum atomic E-state index is -0.478. The molecule has 1 aromatic heterocycles. The van der Waals surface area contributed by atoms with Gasteiger partial charge >= 0.3 is 0 Å². The highest BCUT2D eigenvalue weighted by molar-refractivity contribution is 5.94. The summed E-state index contributed by atoms with van der Waals surface area (Å²) in [6.45, 7) is 0. The molecule has 0 saturated heterocycles. The average molecular weight is 231 g/mol. The van der Waals surface area contributed by atoms with Crippen LogP contribution in [-0.2, 0) is 7.05 Å². The summed E-state index contributed by atoms with van der Waals surface area (Å²) in [7, 11) is 3.38. The molecule has 0 bridgehead atoms. The molecule has 0 aliphatic heterocycles. The second kappa shape index (κ2) is 4.29. The fourth-order valence-electron chi connectivity index (χ4n) is 1.60. The van der Waals surface area contributed by atoms with Crippen LogP contribution in [0.1, 0.15) is 10.4 Å². The van der Waals surface area contributed by atoms with Gasteiger partial charge in [-0.1, -0.05) is 0 Å². The number of carbonyl (C=O) groups excluding carboxylic acids is 1. The Morgan fingerprint density at radius 2 is 2.12 bits per heavy atom. The van der Waals surface area contributed by atoms with Crippen molar-refractivity contribution in [3.63, 3.8) is 0 Å². The molecule has 0 aliphatic rings.